The van der Waals surface area contributed by atoms with Gasteiger partial charge in [-0.25, -0.2) is 4.98 Å². The maximum absolute atomic E-state index is 12.3. The van der Waals surface area contributed by atoms with Crippen LogP contribution in [-0.2, 0) is 5.88 Å². The third kappa shape index (κ3) is 3.42. The molecule has 1 heterocycles. The van der Waals surface area contributed by atoms with E-state index in [1.54, 1.807) is 17.5 Å². The van der Waals surface area contributed by atoms with Crippen molar-refractivity contribution in [3.8, 4) is 17.2 Å². The van der Waals surface area contributed by atoms with Crippen LogP contribution >= 0.6 is 22.9 Å². The summed E-state index contributed by atoms with van der Waals surface area (Å²) in [5.74, 6) is 1.23. The van der Waals surface area contributed by atoms with Crippen molar-refractivity contribution in [1.29, 1.82) is 0 Å². The van der Waals surface area contributed by atoms with Crippen LogP contribution in [0.4, 0.5) is 5.13 Å². The van der Waals surface area contributed by atoms with Gasteiger partial charge >= 0.3 is 0 Å². The topological polar surface area (TPSA) is 69.7 Å². The van der Waals surface area contributed by atoms with E-state index in [0.717, 1.165) is 0 Å². The standard InChI is InChI=1S/C14H15ClN2O4S/c1-19-10-4-8(5-11(20-2)12(10)21-3)13(18)17-14-16-9(6-15)7-22-14/h4-5,7H,6H2,1-3H3,(H,16,17,18). The Kier molecular flexibility index (Phi) is 5.46. The molecule has 0 aliphatic rings. The number of thiazole rings is 1. The van der Waals surface area contributed by atoms with Gasteiger partial charge in [0.25, 0.3) is 5.91 Å². The zero-order chi connectivity index (χ0) is 16.1. The van der Waals surface area contributed by atoms with Crippen LogP contribution in [0.15, 0.2) is 17.5 Å². The summed E-state index contributed by atoms with van der Waals surface area (Å²) in [7, 11) is 4.49. The molecule has 0 aliphatic heterocycles. The van der Waals surface area contributed by atoms with E-state index in [9.17, 15) is 4.79 Å². The maximum atomic E-state index is 12.3. The molecule has 8 heteroatoms. The van der Waals surface area contributed by atoms with E-state index >= 15 is 0 Å². The Hall–Kier alpha value is -1.99. The molecule has 0 radical (unpaired) electrons. The number of halogens is 1. The smallest absolute Gasteiger partial charge is 0.257 e. The van der Waals surface area contributed by atoms with E-state index in [1.165, 1.54) is 32.7 Å². The summed E-state index contributed by atoms with van der Waals surface area (Å²) >= 11 is 7.00. The lowest BCUT2D eigenvalue weighted by molar-refractivity contribution is 0.102. The number of ether oxygens (including phenoxy) is 3. The monoisotopic (exact) mass is 342 g/mol. The molecule has 2 aromatic rings. The minimum Gasteiger partial charge on any atom is -0.493 e. The van der Waals surface area contributed by atoms with E-state index in [4.69, 9.17) is 25.8 Å². The fourth-order valence-corrected chi connectivity index (χ4v) is 2.74. The van der Waals surface area contributed by atoms with Gasteiger partial charge in [0, 0.05) is 10.9 Å². The molecule has 0 atom stereocenters. The molecule has 22 heavy (non-hydrogen) atoms. The van der Waals surface area contributed by atoms with E-state index in [0.29, 0.717) is 39.5 Å². The molecule has 1 N–H and O–H groups in total. The molecular formula is C14H15ClN2O4S. The first-order valence-corrected chi connectivity index (χ1v) is 7.66. The summed E-state index contributed by atoms with van der Waals surface area (Å²) < 4.78 is 15.7. The van der Waals surface area contributed by atoms with Crippen molar-refractivity contribution < 1.29 is 19.0 Å². The first kappa shape index (κ1) is 16.4. The number of methoxy groups -OCH3 is 3. The van der Waals surface area contributed by atoms with Gasteiger partial charge in [0.15, 0.2) is 16.6 Å². The summed E-state index contributed by atoms with van der Waals surface area (Å²) in [6.45, 7) is 0. The van der Waals surface area contributed by atoms with Crippen LogP contribution in [0.25, 0.3) is 0 Å². The number of carbonyl (C=O) groups excluding carboxylic acids is 1. The van der Waals surface area contributed by atoms with Crippen LogP contribution in [0, 0.1) is 0 Å². The van der Waals surface area contributed by atoms with E-state index < -0.39 is 0 Å². The number of amides is 1. The van der Waals surface area contributed by atoms with Crippen molar-refractivity contribution in [3.05, 3.63) is 28.8 Å². The van der Waals surface area contributed by atoms with Crippen LogP contribution in [0.2, 0.25) is 0 Å². The van der Waals surface area contributed by atoms with E-state index in [-0.39, 0.29) is 5.91 Å². The summed E-state index contributed by atoms with van der Waals surface area (Å²) in [5.41, 5.74) is 1.09. The molecule has 1 amide bonds. The van der Waals surface area contributed by atoms with Gasteiger partial charge in [-0.05, 0) is 12.1 Å². The number of carbonyl (C=O) groups is 1. The third-order valence-electron chi connectivity index (χ3n) is 2.84. The minimum absolute atomic E-state index is 0.302. The van der Waals surface area contributed by atoms with Gasteiger partial charge in [0.2, 0.25) is 5.75 Å². The maximum Gasteiger partial charge on any atom is 0.257 e. The fraction of sp³-hybridized carbons (Fsp3) is 0.286. The fourth-order valence-electron chi connectivity index (χ4n) is 1.81. The molecule has 1 aromatic heterocycles. The van der Waals surface area contributed by atoms with Gasteiger partial charge < -0.3 is 14.2 Å². The van der Waals surface area contributed by atoms with Crippen molar-refractivity contribution in [2.75, 3.05) is 26.6 Å². The molecule has 2 rings (SSSR count). The zero-order valence-corrected chi connectivity index (χ0v) is 13.9. The van der Waals surface area contributed by atoms with E-state index in [1.807, 2.05) is 0 Å². The quantitative estimate of drug-likeness (QED) is 0.816. The van der Waals surface area contributed by atoms with Crippen LogP contribution in [0.3, 0.4) is 0 Å². The number of rotatable bonds is 6. The predicted molar refractivity (Wildman–Crippen MR) is 85.7 cm³/mol. The number of hydrogen-bond acceptors (Lipinski definition) is 6. The largest absolute Gasteiger partial charge is 0.493 e. The number of nitrogens with one attached hydrogen (secondary N) is 1. The molecule has 0 saturated heterocycles. The molecule has 0 saturated carbocycles. The second-order valence-corrected chi connectivity index (χ2v) is 5.27. The highest BCUT2D eigenvalue weighted by molar-refractivity contribution is 7.14. The minimum atomic E-state index is -0.324. The Morgan fingerprint density at radius 3 is 2.32 bits per heavy atom. The summed E-state index contributed by atoms with van der Waals surface area (Å²) in [6.07, 6.45) is 0. The van der Waals surface area contributed by atoms with Crippen LogP contribution in [0.5, 0.6) is 17.2 Å². The van der Waals surface area contributed by atoms with Crippen LogP contribution in [-0.4, -0.2) is 32.2 Å². The molecule has 0 spiro atoms. The predicted octanol–water partition coefficient (Wildman–Crippen LogP) is 3.16. The molecule has 6 nitrogen and oxygen atoms in total. The average molecular weight is 343 g/mol. The van der Waals surface area contributed by atoms with Gasteiger partial charge in [-0.2, -0.15) is 0 Å². The molecule has 118 valence electrons. The number of alkyl halides is 1. The molecular weight excluding hydrogens is 328 g/mol. The average Bonchev–Trinajstić information content (AvgIpc) is 3.00. The Labute approximate surface area is 137 Å². The van der Waals surface area contributed by atoms with Gasteiger partial charge in [0.1, 0.15) is 0 Å². The lowest BCUT2D eigenvalue weighted by Crippen LogP contribution is -2.12. The molecule has 0 unspecified atom stereocenters. The normalized spacial score (nSPS) is 10.2. The second-order valence-electron chi connectivity index (χ2n) is 4.15. The number of nitrogens with zero attached hydrogens (tertiary/aromatic N) is 1. The van der Waals surface area contributed by atoms with Crippen molar-refractivity contribution >= 4 is 34.0 Å². The van der Waals surface area contributed by atoms with Crippen molar-refractivity contribution in [3.63, 3.8) is 0 Å². The number of aromatic nitrogens is 1. The first-order chi connectivity index (χ1) is 10.6. The van der Waals surface area contributed by atoms with Gasteiger partial charge in [-0.1, -0.05) is 0 Å². The van der Waals surface area contributed by atoms with Gasteiger partial charge in [-0.15, -0.1) is 22.9 Å². The molecule has 0 fully saturated rings. The Balaban J connectivity index is 2.29. The second kappa shape index (κ2) is 7.33. The number of hydrogen-bond donors (Lipinski definition) is 1. The summed E-state index contributed by atoms with van der Waals surface area (Å²) in [6, 6.07) is 3.15. The first-order valence-electron chi connectivity index (χ1n) is 6.24. The van der Waals surface area contributed by atoms with Crippen molar-refractivity contribution in [2.24, 2.45) is 0 Å². The lowest BCUT2D eigenvalue weighted by Gasteiger charge is -2.13. The van der Waals surface area contributed by atoms with Gasteiger partial charge in [0.05, 0.1) is 32.9 Å². The van der Waals surface area contributed by atoms with Gasteiger partial charge in [-0.3, -0.25) is 10.1 Å². The highest BCUT2D eigenvalue weighted by Crippen LogP contribution is 2.38. The molecule has 0 aliphatic carbocycles. The third-order valence-corrected chi connectivity index (χ3v) is 3.92. The number of anilines is 1. The van der Waals surface area contributed by atoms with Crippen LogP contribution in [0.1, 0.15) is 16.1 Å². The SMILES string of the molecule is COc1cc(C(=O)Nc2nc(CCl)cs2)cc(OC)c1OC. The van der Waals surface area contributed by atoms with Crippen molar-refractivity contribution in [2.45, 2.75) is 5.88 Å². The van der Waals surface area contributed by atoms with E-state index in [2.05, 4.69) is 10.3 Å². The zero-order valence-electron chi connectivity index (χ0n) is 12.3. The van der Waals surface area contributed by atoms with Crippen LogP contribution < -0.4 is 19.5 Å². The Bertz CT molecular complexity index is 650. The Morgan fingerprint density at radius 1 is 1.23 bits per heavy atom. The summed E-state index contributed by atoms with van der Waals surface area (Å²) in [5, 5.41) is 4.98. The molecule has 1 aromatic carbocycles. The number of benzene rings is 1. The van der Waals surface area contributed by atoms with Crippen molar-refractivity contribution in [1.82, 2.24) is 4.98 Å². The Morgan fingerprint density at radius 2 is 1.86 bits per heavy atom. The molecule has 0 bridgehead atoms. The summed E-state index contributed by atoms with van der Waals surface area (Å²) in [4.78, 5) is 16.5. The highest BCUT2D eigenvalue weighted by Gasteiger charge is 2.17. The lowest BCUT2D eigenvalue weighted by atomic mass is 10.1. The highest BCUT2D eigenvalue weighted by atomic mass is 35.5.